The van der Waals surface area contributed by atoms with Crippen molar-refractivity contribution in [3.63, 3.8) is 0 Å². The second kappa shape index (κ2) is 4.44. The zero-order valence-corrected chi connectivity index (χ0v) is 6.96. The maximum absolute atomic E-state index is 11.6. The second-order valence-corrected chi connectivity index (χ2v) is 3.74. The van der Waals surface area contributed by atoms with Crippen LogP contribution in [0.2, 0.25) is 0 Å². The first-order valence-electron chi connectivity index (χ1n) is 2.95. The molecule has 0 aliphatic carbocycles. The van der Waals surface area contributed by atoms with Gasteiger partial charge in [-0.3, -0.25) is 0 Å². The molecular weight excluding hydrogens is 212 g/mol. The smallest absolute Gasteiger partial charge is 0.350 e. The number of carboxylic acid groups (broad SMARTS) is 1. The van der Waals surface area contributed by atoms with E-state index < -0.39 is 34.4 Å². The van der Waals surface area contributed by atoms with Gasteiger partial charge in [0.2, 0.25) is 0 Å². The quantitative estimate of drug-likeness (QED) is 0.526. The molecule has 0 radical (unpaired) electrons. The lowest BCUT2D eigenvalue weighted by molar-refractivity contribution is -0.146. The molecule has 0 saturated carbocycles. The molecule has 0 aromatic heterocycles. The lowest BCUT2D eigenvalue weighted by atomic mass is 10.4. The average Bonchev–Trinajstić information content (AvgIpc) is 1.99. The van der Waals surface area contributed by atoms with Gasteiger partial charge in [-0.15, -0.1) is 0 Å². The highest BCUT2D eigenvalue weighted by atomic mass is 32.2. The Morgan fingerprint density at radius 3 is 2.23 bits per heavy atom. The summed E-state index contributed by atoms with van der Waals surface area (Å²) in [6.45, 7) is -0.984. The van der Waals surface area contributed by atoms with Crippen LogP contribution in [-0.2, 0) is 14.8 Å². The van der Waals surface area contributed by atoms with Crippen molar-refractivity contribution < 1.29 is 32.2 Å². The third-order valence-corrected chi connectivity index (χ3v) is 2.04. The van der Waals surface area contributed by atoms with E-state index in [2.05, 4.69) is 0 Å². The van der Waals surface area contributed by atoms with Gasteiger partial charge in [0.15, 0.2) is 6.10 Å². The summed E-state index contributed by atoms with van der Waals surface area (Å²) in [7, 11) is -4.83. The van der Waals surface area contributed by atoms with Gasteiger partial charge in [0.1, 0.15) is 0 Å². The number of aliphatic hydroxyl groups excluding tert-OH is 1. The van der Waals surface area contributed by atoms with Crippen LogP contribution in [0.25, 0.3) is 0 Å². The highest BCUT2D eigenvalue weighted by Crippen LogP contribution is 2.01. The minimum atomic E-state index is -4.83. The molecule has 0 aromatic carbocycles. The molecule has 0 aromatic rings. The molecule has 0 fully saturated rings. The van der Waals surface area contributed by atoms with E-state index in [4.69, 9.17) is 10.2 Å². The monoisotopic (exact) mass is 219 g/mol. The third-order valence-electron chi connectivity index (χ3n) is 0.997. The van der Waals surface area contributed by atoms with Crippen LogP contribution in [0.4, 0.5) is 8.78 Å². The van der Waals surface area contributed by atoms with Crippen LogP contribution in [0, 0.1) is 0 Å². The SMILES string of the molecule is O=C(O)C(O)CNS(=O)(=O)C(F)F. The van der Waals surface area contributed by atoms with E-state index in [1.54, 1.807) is 0 Å². The first kappa shape index (κ1) is 12.2. The molecule has 13 heavy (non-hydrogen) atoms. The average molecular weight is 219 g/mol. The summed E-state index contributed by atoms with van der Waals surface area (Å²) in [5.41, 5.74) is 0. The van der Waals surface area contributed by atoms with Crippen molar-refractivity contribution in [1.82, 2.24) is 4.72 Å². The van der Waals surface area contributed by atoms with E-state index in [1.165, 1.54) is 4.72 Å². The van der Waals surface area contributed by atoms with Crippen molar-refractivity contribution in [2.45, 2.75) is 11.9 Å². The molecule has 0 aliphatic rings. The number of hydrogen-bond acceptors (Lipinski definition) is 4. The van der Waals surface area contributed by atoms with Crippen molar-refractivity contribution in [1.29, 1.82) is 0 Å². The Hall–Kier alpha value is -0.800. The standard InChI is InChI=1S/C4H7F2NO5S/c5-4(6)13(11,12)7-1-2(8)3(9)10/h2,4,7-8H,1H2,(H,9,10). The van der Waals surface area contributed by atoms with Crippen LogP contribution in [0.15, 0.2) is 0 Å². The maximum atomic E-state index is 11.6. The predicted octanol–water partition coefficient (Wildman–Crippen LogP) is -1.43. The van der Waals surface area contributed by atoms with Crippen molar-refractivity contribution in [3.8, 4) is 0 Å². The topological polar surface area (TPSA) is 104 Å². The largest absolute Gasteiger partial charge is 0.479 e. The zero-order chi connectivity index (χ0) is 10.6. The molecule has 9 heteroatoms. The minimum Gasteiger partial charge on any atom is -0.479 e. The Balaban J connectivity index is 4.11. The number of carbonyl (C=O) groups is 1. The summed E-state index contributed by atoms with van der Waals surface area (Å²) < 4.78 is 45.0. The highest BCUT2D eigenvalue weighted by Gasteiger charge is 2.25. The van der Waals surface area contributed by atoms with E-state index in [1.807, 2.05) is 0 Å². The maximum Gasteiger partial charge on any atom is 0.350 e. The van der Waals surface area contributed by atoms with Crippen molar-refractivity contribution in [2.75, 3.05) is 6.54 Å². The van der Waals surface area contributed by atoms with Gasteiger partial charge >= 0.3 is 11.7 Å². The van der Waals surface area contributed by atoms with Gasteiger partial charge in [-0.05, 0) is 0 Å². The molecule has 1 atom stereocenters. The lowest BCUT2D eigenvalue weighted by Gasteiger charge is -2.07. The molecular formula is C4H7F2NO5S. The molecule has 6 nitrogen and oxygen atoms in total. The fourth-order valence-corrected chi connectivity index (χ4v) is 0.862. The number of aliphatic hydroxyl groups is 1. The molecule has 0 amide bonds. The molecule has 0 saturated heterocycles. The highest BCUT2D eigenvalue weighted by molar-refractivity contribution is 7.89. The fraction of sp³-hybridized carbons (Fsp3) is 0.750. The number of hydrogen-bond donors (Lipinski definition) is 3. The van der Waals surface area contributed by atoms with E-state index in [9.17, 15) is 22.0 Å². The molecule has 1 unspecified atom stereocenters. The van der Waals surface area contributed by atoms with Crippen molar-refractivity contribution >= 4 is 16.0 Å². The number of alkyl halides is 2. The van der Waals surface area contributed by atoms with Gasteiger partial charge in [-0.2, -0.15) is 8.78 Å². The number of sulfonamides is 1. The van der Waals surface area contributed by atoms with Crippen LogP contribution in [0.5, 0.6) is 0 Å². The van der Waals surface area contributed by atoms with Crippen molar-refractivity contribution in [2.24, 2.45) is 0 Å². The molecule has 0 heterocycles. The number of aliphatic carboxylic acids is 1. The first-order valence-corrected chi connectivity index (χ1v) is 4.49. The Bertz CT molecular complexity index is 276. The van der Waals surface area contributed by atoms with Crippen LogP contribution >= 0.6 is 0 Å². The van der Waals surface area contributed by atoms with E-state index in [0.29, 0.717) is 0 Å². The zero-order valence-electron chi connectivity index (χ0n) is 6.15. The van der Waals surface area contributed by atoms with Crippen molar-refractivity contribution in [3.05, 3.63) is 0 Å². The summed E-state index contributed by atoms with van der Waals surface area (Å²) >= 11 is 0. The Morgan fingerprint density at radius 1 is 1.46 bits per heavy atom. The van der Waals surface area contributed by atoms with Gasteiger partial charge in [-0.25, -0.2) is 17.9 Å². The molecule has 0 spiro atoms. The van der Waals surface area contributed by atoms with Gasteiger partial charge in [0, 0.05) is 6.54 Å². The van der Waals surface area contributed by atoms with E-state index in [-0.39, 0.29) is 0 Å². The summed E-state index contributed by atoms with van der Waals surface area (Å²) in [5, 5.41) is 16.5. The van der Waals surface area contributed by atoms with Gasteiger partial charge in [0.05, 0.1) is 0 Å². The van der Waals surface area contributed by atoms with Crippen LogP contribution in [0.3, 0.4) is 0 Å². The van der Waals surface area contributed by atoms with E-state index >= 15 is 0 Å². The molecule has 0 rings (SSSR count). The van der Waals surface area contributed by atoms with Crippen LogP contribution in [0.1, 0.15) is 0 Å². The number of rotatable bonds is 5. The lowest BCUT2D eigenvalue weighted by Crippen LogP contribution is -2.38. The third kappa shape index (κ3) is 4.10. The fourth-order valence-electron chi connectivity index (χ4n) is 0.345. The first-order chi connectivity index (χ1) is 5.77. The molecule has 0 bridgehead atoms. The van der Waals surface area contributed by atoms with E-state index in [0.717, 1.165) is 0 Å². The number of halogens is 2. The minimum absolute atomic E-state index is 0.984. The second-order valence-electron chi connectivity index (χ2n) is 2.01. The number of carboxylic acids is 1. The molecule has 3 N–H and O–H groups in total. The molecule has 78 valence electrons. The van der Waals surface area contributed by atoms with Gasteiger partial charge in [0.25, 0.3) is 10.0 Å². The number of nitrogens with one attached hydrogen (secondary N) is 1. The predicted molar refractivity (Wildman–Crippen MR) is 36.6 cm³/mol. The van der Waals surface area contributed by atoms with Gasteiger partial charge < -0.3 is 10.2 Å². The summed E-state index contributed by atoms with van der Waals surface area (Å²) in [6, 6.07) is 0. The summed E-state index contributed by atoms with van der Waals surface area (Å²) in [5.74, 6) is -5.34. The summed E-state index contributed by atoms with van der Waals surface area (Å²) in [4.78, 5) is 9.91. The Morgan fingerprint density at radius 2 is 1.92 bits per heavy atom. The summed E-state index contributed by atoms with van der Waals surface area (Å²) in [6.07, 6.45) is -2.03. The van der Waals surface area contributed by atoms with Gasteiger partial charge in [-0.1, -0.05) is 0 Å². The Labute approximate surface area is 72.2 Å². The normalized spacial score (nSPS) is 14.5. The Kier molecular flexibility index (Phi) is 4.17. The van der Waals surface area contributed by atoms with Crippen LogP contribution in [-0.4, -0.2) is 43.0 Å². The molecule has 0 aliphatic heterocycles. The van der Waals surface area contributed by atoms with Crippen LogP contribution < -0.4 is 4.72 Å².